The van der Waals surface area contributed by atoms with E-state index in [2.05, 4.69) is 0 Å². The fourth-order valence-corrected chi connectivity index (χ4v) is 1.50. The van der Waals surface area contributed by atoms with E-state index < -0.39 is 11.9 Å². The summed E-state index contributed by atoms with van der Waals surface area (Å²) < 4.78 is 10.2. The van der Waals surface area contributed by atoms with Crippen LogP contribution >= 0.6 is 0 Å². The molecule has 3 N–H and O–H groups in total. The number of phenols is 1. The summed E-state index contributed by atoms with van der Waals surface area (Å²) in [5.74, 6) is -1.67. The molecule has 0 spiro atoms. The molecule has 1 unspecified atom stereocenters. The molecule has 0 aromatic heterocycles. The average Bonchev–Trinajstić information content (AvgIpc) is 2.39. The van der Waals surface area contributed by atoms with Gasteiger partial charge < -0.3 is 24.8 Å². The number of aromatic hydroxyl groups is 1. The Kier molecular flexibility index (Phi) is 6.88. The molecule has 0 aliphatic carbocycles. The first-order valence-corrected chi connectivity index (χ1v) is 5.93. The largest absolute Gasteiger partial charge is 0.508 e. The minimum absolute atomic E-state index is 0.0304. The molecule has 6 heteroatoms. The smallest absolute Gasteiger partial charge is 0.313 e. The van der Waals surface area contributed by atoms with Crippen molar-refractivity contribution in [3.8, 4) is 5.75 Å². The van der Waals surface area contributed by atoms with Gasteiger partial charge in [-0.1, -0.05) is 12.1 Å². The number of aliphatic hydroxyl groups excluding tert-OH is 1. The molecule has 106 valence electrons. The predicted molar refractivity (Wildman–Crippen MR) is 67.2 cm³/mol. The van der Waals surface area contributed by atoms with Gasteiger partial charge in [0, 0.05) is 0 Å². The highest BCUT2D eigenvalue weighted by Crippen LogP contribution is 2.19. The fraction of sp³-hybridized carbons (Fsp3) is 0.462. The van der Waals surface area contributed by atoms with Gasteiger partial charge in [0.15, 0.2) is 0 Å². The zero-order valence-corrected chi connectivity index (χ0v) is 10.5. The first-order chi connectivity index (χ1) is 9.15. The van der Waals surface area contributed by atoms with Crippen molar-refractivity contribution in [2.75, 3.05) is 33.0 Å². The summed E-state index contributed by atoms with van der Waals surface area (Å²) in [6.07, 6.45) is 0. The van der Waals surface area contributed by atoms with Gasteiger partial charge in [0.25, 0.3) is 0 Å². The molecule has 0 radical (unpaired) electrons. The lowest BCUT2D eigenvalue weighted by Gasteiger charge is -2.13. The number of carbonyl (C=O) groups is 1. The van der Waals surface area contributed by atoms with Crippen molar-refractivity contribution >= 4 is 5.97 Å². The van der Waals surface area contributed by atoms with Crippen molar-refractivity contribution in [2.24, 2.45) is 0 Å². The molecule has 0 saturated carbocycles. The van der Waals surface area contributed by atoms with E-state index in [1.54, 1.807) is 12.1 Å². The van der Waals surface area contributed by atoms with Crippen LogP contribution in [0.2, 0.25) is 0 Å². The van der Waals surface area contributed by atoms with Gasteiger partial charge in [0.1, 0.15) is 11.7 Å². The molecule has 0 fully saturated rings. The summed E-state index contributed by atoms with van der Waals surface area (Å²) in [5.41, 5.74) is 0.571. The number of aliphatic hydroxyl groups is 1. The van der Waals surface area contributed by atoms with Gasteiger partial charge in [-0.05, 0) is 17.7 Å². The molecule has 0 aliphatic rings. The normalized spacial score (nSPS) is 12.3. The third kappa shape index (κ3) is 5.69. The minimum Gasteiger partial charge on any atom is -0.508 e. The van der Waals surface area contributed by atoms with Crippen LogP contribution in [0.1, 0.15) is 11.5 Å². The van der Waals surface area contributed by atoms with Crippen molar-refractivity contribution in [3.63, 3.8) is 0 Å². The van der Waals surface area contributed by atoms with Gasteiger partial charge in [-0.2, -0.15) is 0 Å². The summed E-state index contributed by atoms with van der Waals surface area (Å²) in [7, 11) is 0. The highest BCUT2D eigenvalue weighted by Gasteiger charge is 2.19. The van der Waals surface area contributed by atoms with Crippen molar-refractivity contribution in [1.82, 2.24) is 0 Å². The van der Waals surface area contributed by atoms with Crippen LogP contribution in [-0.4, -0.2) is 54.3 Å². The highest BCUT2D eigenvalue weighted by atomic mass is 16.5. The van der Waals surface area contributed by atoms with Gasteiger partial charge in [0.2, 0.25) is 0 Å². The summed E-state index contributed by atoms with van der Waals surface area (Å²) in [4.78, 5) is 11.1. The van der Waals surface area contributed by atoms with E-state index in [-0.39, 0.29) is 32.2 Å². The van der Waals surface area contributed by atoms with Crippen LogP contribution in [0.5, 0.6) is 5.75 Å². The Morgan fingerprint density at radius 2 is 1.74 bits per heavy atom. The van der Waals surface area contributed by atoms with Crippen LogP contribution in [0.3, 0.4) is 0 Å². The second-order valence-electron chi connectivity index (χ2n) is 3.89. The van der Waals surface area contributed by atoms with Crippen molar-refractivity contribution in [2.45, 2.75) is 5.92 Å². The van der Waals surface area contributed by atoms with Crippen molar-refractivity contribution in [3.05, 3.63) is 29.8 Å². The second-order valence-corrected chi connectivity index (χ2v) is 3.89. The van der Waals surface area contributed by atoms with Crippen LogP contribution in [-0.2, 0) is 14.3 Å². The molecule has 0 bridgehead atoms. The topological polar surface area (TPSA) is 96.2 Å². The Morgan fingerprint density at radius 1 is 1.11 bits per heavy atom. The Morgan fingerprint density at radius 3 is 2.32 bits per heavy atom. The highest BCUT2D eigenvalue weighted by molar-refractivity contribution is 5.76. The Balaban J connectivity index is 2.41. The van der Waals surface area contributed by atoms with Gasteiger partial charge in [0.05, 0.1) is 33.0 Å². The number of ether oxygens (including phenoxy) is 2. The van der Waals surface area contributed by atoms with Crippen LogP contribution in [0.15, 0.2) is 24.3 Å². The summed E-state index contributed by atoms with van der Waals surface area (Å²) in [6.45, 7) is 0.794. The number of rotatable bonds is 9. The van der Waals surface area contributed by atoms with E-state index in [4.69, 9.17) is 24.8 Å². The number of carboxylic acids is 1. The van der Waals surface area contributed by atoms with E-state index in [1.165, 1.54) is 12.1 Å². The summed E-state index contributed by atoms with van der Waals surface area (Å²) in [6, 6.07) is 5.99. The number of benzene rings is 1. The van der Waals surface area contributed by atoms with E-state index >= 15 is 0 Å². The minimum atomic E-state index is -0.984. The predicted octanol–water partition coefficient (Wildman–Crippen LogP) is 0.586. The number of phenolic OH excluding ortho intramolecular Hbond substituents is 1. The molecule has 1 rings (SSSR count). The monoisotopic (exact) mass is 270 g/mol. The molecule has 0 aliphatic heterocycles. The van der Waals surface area contributed by atoms with Crippen LogP contribution in [0, 0.1) is 0 Å². The number of aliphatic carboxylic acids is 1. The average molecular weight is 270 g/mol. The third-order valence-corrected chi connectivity index (χ3v) is 2.49. The van der Waals surface area contributed by atoms with Crippen molar-refractivity contribution in [1.29, 1.82) is 0 Å². The standard InChI is InChI=1S/C13H18O6/c14-5-6-18-7-8-19-9-12(13(16)17)10-1-3-11(15)4-2-10/h1-4,12,14-15H,5-9H2,(H,16,17). The van der Waals surface area contributed by atoms with Crippen LogP contribution < -0.4 is 0 Å². The zero-order valence-electron chi connectivity index (χ0n) is 10.5. The lowest BCUT2D eigenvalue weighted by atomic mass is 10.0. The summed E-state index contributed by atoms with van der Waals surface area (Å²) >= 11 is 0. The van der Waals surface area contributed by atoms with E-state index in [0.29, 0.717) is 12.2 Å². The summed E-state index contributed by atoms with van der Waals surface area (Å²) in [5, 5.41) is 26.8. The van der Waals surface area contributed by atoms with Gasteiger partial charge in [-0.15, -0.1) is 0 Å². The molecular weight excluding hydrogens is 252 g/mol. The Labute approximate surface area is 111 Å². The molecule has 0 heterocycles. The lowest BCUT2D eigenvalue weighted by molar-refractivity contribution is -0.140. The Bertz CT molecular complexity index is 375. The first kappa shape index (κ1) is 15.4. The molecule has 6 nitrogen and oxygen atoms in total. The maximum atomic E-state index is 11.1. The van der Waals surface area contributed by atoms with Crippen LogP contribution in [0.25, 0.3) is 0 Å². The molecule has 19 heavy (non-hydrogen) atoms. The SMILES string of the molecule is O=C(O)C(COCCOCCO)c1ccc(O)cc1. The number of carboxylic acid groups (broad SMARTS) is 1. The quantitative estimate of drug-likeness (QED) is 0.568. The fourth-order valence-electron chi connectivity index (χ4n) is 1.50. The van der Waals surface area contributed by atoms with Crippen molar-refractivity contribution < 1.29 is 29.6 Å². The van der Waals surface area contributed by atoms with Crippen LogP contribution in [0.4, 0.5) is 0 Å². The Hall–Kier alpha value is -1.63. The maximum Gasteiger partial charge on any atom is 0.313 e. The maximum absolute atomic E-state index is 11.1. The van der Waals surface area contributed by atoms with E-state index in [0.717, 1.165) is 0 Å². The van der Waals surface area contributed by atoms with Gasteiger partial charge in [-0.25, -0.2) is 0 Å². The first-order valence-electron chi connectivity index (χ1n) is 5.93. The molecule has 1 aromatic rings. The lowest BCUT2D eigenvalue weighted by Crippen LogP contribution is -2.19. The third-order valence-electron chi connectivity index (χ3n) is 2.49. The molecule has 0 amide bonds. The van der Waals surface area contributed by atoms with Gasteiger partial charge in [-0.3, -0.25) is 4.79 Å². The number of hydrogen-bond acceptors (Lipinski definition) is 5. The molecule has 1 atom stereocenters. The van der Waals surface area contributed by atoms with E-state index in [9.17, 15) is 4.79 Å². The number of hydrogen-bond donors (Lipinski definition) is 3. The van der Waals surface area contributed by atoms with E-state index in [1.807, 2.05) is 0 Å². The molecule has 1 aromatic carbocycles. The van der Waals surface area contributed by atoms with Gasteiger partial charge >= 0.3 is 5.97 Å². The molecule has 0 saturated heterocycles. The molecular formula is C13H18O6. The second kappa shape index (κ2) is 8.47. The zero-order chi connectivity index (χ0) is 14.1.